The van der Waals surface area contributed by atoms with Gasteiger partial charge < -0.3 is 0 Å². The zero-order valence-corrected chi connectivity index (χ0v) is 8.52. The first-order valence-corrected chi connectivity index (χ1v) is 4.92. The number of nitrogens with zero attached hydrogens (tertiary/aromatic N) is 3. The van der Waals surface area contributed by atoms with Crippen molar-refractivity contribution in [3.63, 3.8) is 0 Å². The van der Waals surface area contributed by atoms with Crippen LogP contribution in [0.25, 0.3) is 10.9 Å². The van der Waals surface area contributed by atoms with Gasteiger partial charge in [-0.1, -0.05) is 0 Å². The molecule has 0 bridgehead atoms. The van der Waals surface area contributed by atoms with Gasteiger partial charge in [-0.3, -0.25) is 14.8 Å². The molecule has 0 saturated carbocycles. The van der Waals surface area contributed by atoms with Crippen LogP contribution in [0.3, 0.4) is 0 Å². The molecule has 5 nitrogen and oxygen atoms in total. The van der Waals surface area contributed by atoms with Gasteiger partial charge in [0.1, 0.15) is 0 Å². The minimum absolute atomic E-state index is 0.0543. The SMILES string of the molecule is O=[N+]([O-])c1ccc2cn(CCCl)nc2c1. The topological polar surface area (TPSA) is 61.0 Å². The lowest BCUT2D eigenvalue weighted by Crippen LogP contribution is -1.98. The number of hydrogen-bond donors (Lipinski definition) is 0. The predicted molar refractivity (Wildman–Crippen MR) is 57.1 cm³/mol. The van der Waals surface area contributed by atoms with Crippen LogP contribution in [0.4, 0.5) is 5.69 Å². The minimum atomic E-state index is -0.431. The molecule has 78 valence electrons. The van der Waals surface area contributed by atoms with Crippen LogP contribution in [0.1, 0.15) is 0 Å². The summed E-state index contributed by atoms with van der Waals surface area (Å²) in [6.45, 7) is 0.601. The number of benzene rings is 1. The summed E-state index contributed by atoms with van der Waals surface area (Å²) in [5, 5.41) is 15.6. The van der Waals surface area contributed by atoms with Crippen LogP contribution in [0.15, 0.2) is 24.4 Å². The summed E-state index contributed by atoms with van der Waals surface area (Å²) >= 11 is 5.58. The number of fused-ring (bicyclic) bond motifs is 1. The van der Waals surface area contributed by atoms with Crippen LogP contribution in [0.5, 0.6) is 0 Å². The lowest BCUT2D eigenvalue weighted by Gasteiger charge is -1.92. The summed E-state index contributed by atoms with van der Waals surface area (Å²) in [6, 6.07) is 4.61. The lowest BCUT2D eigenvalue weighted by molar-refractivity contribution is -0.384. The zero-order valence-electron chi connectivity index (χ0n) is 7.76. The molecule has 2 rings (SSSR count). The number of hydrogen-bond acceptors (Lipinski definition) is 3. The van der Waals surface area contributed by atoms with E-state index in [2.05, 4.69) is 5.10 Å². The molecule has 1 heterocycles. The Morgan fingerprint density at radius 2 is 2.33 bits per heavy atom. The molecule has 0 radical (unpaired) electrons. The van der Waals surface area contributed by atoms with Gasteiger partial charge in [-0.15, -0.1) is 11.6 Å². The number of aromatic nitrogens is 2. The molecule has 0 aliphatic heterocycles. The molecular formula is C9H8ClN3O2. The van der Waals surface area contributed by atoms with E-state index < -0.39 is 4.92 Å². The fraction of sp³-hybridized carbons (Fsp3) is 0.222. The number of non-ortho nitro benzene ring substituents is 1. The second-order valence-electron chi connectivity index (χ2n) is 3.08. The van der Waals surface area contributed by atoms with Crippen molar-refractivity contribution in [2.24, 2.45) is 0 Å². The van der Waals surface area contributed by atoms with Crippen molar-refractivity contribution in [2.45, 2.75) is 6.54 Å². The summed E-state index contributed by atoms with van der Waals surface area (Å²) in [7, 11) is 0. The largest absolute Gasteiger partial charge is 0.271 e. The van der Waals surface area contributed by atoms with Crippen LogP contribution in [0, 0.1) is 10.1 Å². The molecule has 0 spiro atoms. The average molecular weight is 226 g/mol. The summed E-state index contributed by atoms with van der Waals surface area (Å²) < 4.78 is 1.68. The maximum Gasteiger partial charge on any atom is 0.271 e. The molecule has 0 saturated heterocycles. The van der Waals surface area contributed by atoms with Crippen LogP contribution < -0.4 is 0 Å². The lowest BCUT2D eigenvalue weighted by atomic mass is 10.2. The number of nitro benzene ring substituents is 1. The number of nitro groups is 1. The second kappa shape index (κ2) is 3.86. The molecule has 1 aromatic heterocycles. The van der Waals surface area contributed by atoms with E-state index in [1.54, 1.807) is 10.7 Å². The van der Waals surface area contributed by atoms with Crippen LogP contribution in [-0.4, -0.2) is 20.6 Å². The van der Waals surface area contributed by atoms with Crippen molar-refractivity contribution >= 4 is 28.2 Å². The van der Waals surface area contributed by atoms with Gasteiger partial charge in [0, 0.05) is 29.6 Å². The van der Waals surface area contributed by atoms with Crippen molar-refractivity contribution in [3.05, 3.63) is 34.5 Å². The van der Waals surface area contributed by atoms with E-state index in [9.17, 15) is 10.1 Å². The first-order valence-electron chi connectivity index (χ1n) is 4.38. The highest BCUT2D eigenvalue weighted by Crippen LogP contribution is 2.19. The Bertz CT molecular complexity index is 509. The van der Waals surface area contributed by atoms with Crippen molar-refractivity contribution in [1.29, 1.82) is 0 Å². The van der Waals surface area contributed by atoms with Gasteiger partial charge in [-0.25, -0.2) is 0 Å². The van der Waals surface area contributed by atoms with Crippen molar-refractivity contribution in [3.8, 4) is 0 Å². The van der Waals surface area contributed by atoms with Gasteiger partial charge in [0.15, 0.2) is 0 Å². The maximum absolute atomic E-state index is 10.5. The average Bonchev–Trinajstić information content (AvgIpc) is 2.59. The van der Waals surface area contributed by atoms with Crippen molar-refractivity contribution < 1.29 is 4.92 Å². The zero-order chi connectivity index (χ0) is 10.8. The highest BCUT2D eigenvalue weighted by atomic mass is 35.5. The molecule has 6 heteroatoms. The third-order valence-corrected chi connectivity index (χ3v) is 2.23. The molecule has 2 aromatic rings. The fourth-order valence-corrected chi connectivity index (χ4v) is 1.54. The van der Waals surface area contributed by atoms with E-state index >= 15 is 0 Å². The molecule has 1 aromatic carbocycles. The maximum atomic E-state index is 10.5. The van der Waals surface area contributed by atoms with Crippen LogP contribution >= 0.6 is 11.6 Å². The summed E-state index contributed by atoms with van der Waals surface area (Å²) in [4.78, 5) is 10.1. The molecule has 0 aliphatic carbocycles. The molecule has 0 aliphatic rings. The number of halogens is 1. The molecule has 15 heavy (non-hydrogen) atoms. The number of alkyl halides is 1. The van der Waals surface area contributed by atoms with Gasteiger partial charge >= 0.3 is 0 Å². The molecule has 0 unspecified atom stereocenters. The van der Waals surface area contributed by atoms with E-state index in [4.69, 9.17) is 11.6 Å². The number of aryl methyl sites for hydroxylation is 1. The summed E-state index contributed by atoms with van der Waals surface area (Å²) in [5.41, 5.74) is 0.674. The highest BCUT2D eigenvalue weighted by Gasteiger charge is 2.08. The van der Waals surface area contributed by atoms with E-state index in [1.807, 2.05) is 6.20 Å². The smallest absolute Gasteiger partial charge is 0.270 e. The van der Waals surface area contributed by atoms with Gasteiger partial charge in [0.2, 0.25) is 0 Å². The Balaban J connectivity index is 2.47. The Kier molecular flexibility index (Phi) is 2.55. The molecule has 0 fully saturated rings. The second-order valence-corrected chi connectivity index (χ2v) is 3.46. The molecule has 0 amide bonds. The van der Waals surface area contributed by atoms with E-state index in [-0.39, 0.29) is 5.69 Å². The van der Waals surface area contributed by atoms with Crippen molar-refractivity contribution in [2.75, 3.05) is 5.88 Å². The van der Waals surface area contributed by atoms with E-state index in [0.29, 0.717) is 17.9 Å². The normalized spacial score (nSPS) is 10.7. The van der Waals surface area contributed by atoms with Gasteiger partial charge in [0.05, 0.1) is 17.0 Å². The van der Waals surface area contributed by atoms with E-state index in [0.717, 1.165) is 5.39 Å². The molecule has 0 N–H and O–H groups in total. The Morgan fingerprint density at radius 1 is 1.53 bits per heavy atom. The van der Waals surface area contributed by atoms with E-state index in [1.165, 1.54) is 12.1 Å². The Labute approximate surface area is 90.4 Å². The molecular weight excluding hydrogens is 218 g/mol. The van der Waals surface area contributed by atoms with Gasteiger partial charge in [-0.2, -0.15) is 5.10 Å². The third-order valence-electron chi connectivity index (χ3n) is 2.06. The Morgan fingerprint density at radius 3 is 3.00 bits per heavy atom. The van der Waals surface area contributed by atoms with Gasteiger partial charge in [-0.05, 0) is 6.07 Å². The summed E-state index contributed by atoms with van der Waals surface area (Å²) in [6.07, 6.45) is 1.82. The highest BCUT2D eigenvalue weighted by molar-refractivity contribution is 6.17. The third kappa shape index (κ3) is 1.92. The van der Waals surface area contributed by atoms with Crippen molar-refractivity contribution in [1.82, 2.24) is 9.78 Å². The number of rotatable bonds is 3. The predicted octanol–water partition coefficient (Wildman–Crippen LogP) is 2.18. The van der Waals surface area contributed by atoms with Crippen LogP contribution in [0.2, 0.25) is 0 Å². The first kappa shape index (κ1) is 9.92. The summed E-state index contributed by atoms with van der Waals surface area (Å²) in [5.74, 6) is 0.468. The first-order chi connectivity index (χ1) is 7.20. The Hall–Kier alpha value is -1.62. The minimum Gasteiger partial charge on any atom is -0.270 e. The quantitative estimate of drug-likeness (QED) is 0.457. The van der Waals surface area contributed by atoms with Gasteiger partial charge in [0.25, 0.3) is 5.69 Å². The standard InChI is InChI=1S/C9H8ClN3O2/c10-3-4-12-6-7-1-2-8(13(14)15)5-9(7)11-12/h1-2,5-6H,3-4H2. The monoisotopic (exact) mass is 225 g/mol. The fourth-order valence-electron chi connectivity index (χ4n) is 1.37. The molecule has 0 atom stereocenters. The van der Waals surface area contributed by atoms with Crippen LogP contribution in [-0.2, 0) is 6.54 Å².